The molecule has 1 aliphatic rings. The topological polar surface area (TPSA) is 84.7 Å². The van der Waals surface area contributed by atoms with Gasteiger partial charge in [-0.05, 0) is 50.5 Å². The number of likely N-dealkylation sites (tertiary alicyclic amines) is 1. The molecule has 1 aromatic carbocycles. The molecule has 1 fully saturated rings. The Morgan fingerprint density at radius 2 is 2.05 bits per heavy atom. The van der Waals surface area contributed by atoms with Crippen LogP contribution in [-0.2, 0) is 0 Å². The smallest absolute Gasteiger partial charge is 0.312 e. The van der Waals surface area contributed by atoms with Crippen molar-refractivity contribution in [1.29, 1.82) is 0 Å². The monoisotopic (exact) mass is 305 g/mol. The molecule has 0 spiro atoms. The number of amides is 3. The van der Waals surface area contributed by atoms with E-state index in [9.17, 15) is 9.59 Å². The van der Waals surface area contributed by atoms with E-state index >= 15 is 0 Å². The van der Waals surface area contributed by atoms with Crippen LogP contribution in [0.5, 0.6) is 5.75 Å². The highest BCUT2D eigenvalue weighted by Crippen LogP contribution is 2.20. The van der Waals surface area contributed by atoms with E-state index in [-0.39, 0.29) is 11.9 Å². The van der Waals surface area contributed by atoms with Gasteiger partial charge >= 0.3 is 6.03 Å². The van der Waals surface area contributed by atoms with Gasteiger partial charge in [0.25, 0.3) is 5.91 Å². The van der Waals surface area contributed by atoms with Crippen molar-refractivity contribution in [3.05, 3.63) is 29.8 Å². The van der Waals surface area contributed by atoms with Crippen LogP contribution in [0.3, 0.4) is 0 Å². The first-order chi connectivity index (χ1) is 10.6. The number of rotatable bonds is 5. The number of nitrogens with one attached hydrogen (secondary N) is 1. The second kappa shape index (κ2) is 7.68. The van der Waals surface area contributed by atoms with Crippen LogP contribution in [0.4, 0.5) is 4.79 Å². The molecule has 1 aliphatic heterocycles. The molecule has 120 valence electrons. The first kappa shape index (κ1) is 16.1. The predicted octanol–water partition coefficient (Wildman–Crippen LogP) is 1.75. The fraction of sp³-hybridized carbons (Fsp3) is 0.500. The minimum Gasteiger partial charge on any atom is -0.494 e. The van der Waals surface area contributed by atoms with Crippen molar-refractivity contribution >= 4 is 11.9 Å². The number of urea groups is 1. The highest BCUT2D eigenvalue weighted by Gasteiger charge is 2.27. The maximum absolute atomic E-state index is 12.7. The molecule has 1 atom stereocenters. The van der Waals surface area contributed by atoms with Crippen molar-refractivity contribution in [1.82, 2.24) is 10.2 Å². The molecule has 2 rings (SSSR count). The van der Waals surface area contributed by atoms with Crippen molar-refractivity contribution in [2.45, 2.75) is 32.2 Å². The van der Waals surface area contributed by atoms with Gasteiger partial charge in [0, 0.05) is 24.7 Å². The zero-order chi connectivity index (χ0) is 15.9. The molecule has 0 aliphatic carbocycles. The number of ether oxygens (including phenoxy) is 1. The lowest BCUT2D eigenvalue weighted by atomic mass is 10.0. The van der Waals surface area contributed by atoms with Crippen molar-refractivity contribution in [2.75, 3.05) is 19.7 Å². The molecule has 3 N–H and O–H groups in total. The highest BCUT2D eigenvalue weighted by atomic mass is 16.5. The van der Waals surface area contributed by atoms with Crippen molar-refractivity contribution in [2.24, 2.45) is 5.73 Å². The third-order valence-corrected chi connectivity index (χ3v) is 3.81. The Kier molecular flexibility index (Phi) is 5.63. The fourth-order valence-corrected chi connectivity index (χ4v) is 2.72. The van der Waals surface area contributed by atoms with Gasteiger partial charge in [0.05, 0.1) is 6.61 Å². The molecule has 0 radical (unpaired) electrons. The summed E-state index contributed by atoms with van der Waals surface area (Å²) >= 11 is 0. The van der Waals surface area contributed by atoms with Crippen molar-refractivity contribution < 1.29 is 14.3 Å². The van der Waals surface area contributed by atoms with Gasteiger partial charge < -0.3 is 20.7 Å². The minimum atomic E-state index is -0.556. The average Bonchev–Trinajstić information content (AvgIpc) is 2.53. The Morgan fingerprint density at radius 3 is 2.68 bits per heavy atom. The Balaban J connectivity index is 2.05. The number of piperidine rings is 1. The molecule has 22 heavy (non-hydrogen) atoms. The third-order valence-electron chi connectivity index (χ3n) is 3.81. The SMILES string of the molecule is CCOc1ccc(C(=O)N2CCCC[C@H]2CNC(N)=O)cc1. The molecule has 0 unspecified atom stereocenters. The van der Waals surface area contributed by atoms with Crippen LogP contribution < -0.4 is 15.8 Å². The lowest BCUT2D eigenvalue weighted by Gasteiger charge is -2.35. The Labute approximate surface area is 130 Å². The van der Waals surface area contributed by atoms with Crippen LogP contribution in [0.2, 0.25) is 0 Å². The van der Waals surface area contributed by atoms with Gasteiger partial charge in [-0.15, -0.1) is 0 Å². The van der Waals surface area contributed by atoms with Gasteiger partial charge in [0.15, 0.2) is 0 Å². The van der Waals surface area contributed by atoms with Crippen LogP contribution in [-0.4, -0.2) is 42.6 Å². The van der Waals surface area contributed by atoms with Gasteiger partial charge in [-0.3, -0.25) is 4.79 Å². The number of primary amides is 1. The molecule has 1 saturated heterocycles. The van der Waals surface area contributed by atoms with E-state index in [0.29, 0.717) is 25.3 Å². The van der Waals surface area contributed by atoms with Crippen molar-refractivity contribution in [3.8, 4) is 5.75 Å². The van der Waals surface area contributed by atoms with Gasteiger partial charge in [-0.2, -0.15) is 0 Å². The summed E-state index contributed by atoms with van der Waals surface area (Å²) in [5, 5.41) is 2.60. The summed E-state index contributed by atoms with van der Waals surface area (Å²) in [7, 11) is 0. The van der Waals surface area contributed by atoms with Crippen LogP contribution in [0.25, 0.3) is 0 Å². The van der Waals surface area contributed by atoms with Gasteiger partial charge in [-0.1, -0.05) is 0 Å². The first-order valence-corrected chi connectivity index (χ1v) is 7.69. The maximum Gasteiger partial charge on any atom is 0.312 e. The summed E-state index contributed by atoms with van der Waals surface area (Å²) in [6, 6.07) is 6.61. The van der Waals surface area contributed by atoms with Crippen LogP contribution in [0.1, 0.15) is 36.5 Å². The summed E-state index contributed by atoms with van der Waals surface area (Å²) in [4.78, 5) is 25.4. The van der Waals surface area contributed by atoms with E-state index in [1.165, 1.54) is 0 Å². The molecule has 6 heteroatoms. The standard InChI is InChI=1S/C16H23N3O3/c1-2-22-14-8-6-12(7-9-14)15(20)19-10-4-3-5-13(19)11-18-16(17)21/h6-9,13H,2-5,10-11H2,1H3,(H3,17,18,21)/t13-/m0/s1. The number of carbonyl (C=O) groups excluding carboxylic acids is 2. The minimum absolute atomic E-state index is 0.000295. The number of hydrogen-bond donors (Lipinski definition) is 2. The van der Waals surface area contributed by atoms with Gasteiger partial charge in [0.1, 0.15) is 5.75 Å². The van der Waals surface area contributed by atoms with E-state index in [1.54, 1.807) is 24.3 Å². The number of hydrogen-bond acceptors (Lipinski definition) is 3. The molecular formula is C16H23N3O3. The summed E-state index contributed by atoms with van der Waals surface area (Å²) in [5.41, 5.74) is 5.75. The normalized spacial score (nSPS) is 17.9. The van der Waals surface area contributed by atoms with Crippen LogP contribution in [0.15, 0.2) is 24.3 Å². The maximum atomic E-state index is 12.7. The number of nitrogens with zero attached hydrogens (tertiary/aromatic N) is 1. The summed E-state index contributed by atoms with van der Waals surface area (Å²) < 4.78 is 5.39. The number of carbonyl (C=O) groups is 2. The zero-order valence-electron chi connectivity index (χ0n) is 12.9. The molecule has 3 amide bonds. The summed E-state index contributed by atoms with van der Waals surface area (Å²) in [5.74, 6) is 0.739. The first-order valence-electron chi connectivity index (χ1n) is 7.69. The number of benzene rings is 1. The predicted molar refractivity (Wildman–Crippen MR) is 83.9 cm³/mol. The quantitative estimate of drug-likeness (QED) is 0.869. The van der Waals surface area contributed by atoms with E-state index in [1.807, 2.05) is 11.8 Å². The van der Waals surface area contributed by atoms with Gasteiger partial charge in [0.2, 0.25) is 0 Å². The third kappa shape index (κ3) is 4.13. The average molecular weight is 305 g/mol. The molecule has 1 heterocycles. The zero-order valence-corrected chi connectivity index (χ0v) is 12.9. The molecular weight excluding hydrogens is 282 g/mol. The van der Waals surface area contributed by atoms with E-state index in [0.717, 1.165) is 25.0 Å². The second-order valence-corrected chi connectivity index (χ2v) is 5.35. The Bertz CT molecular complexity index is 516. The molecule has 0 bridgehead atoms. The van der Waals surface area contributed by atoms with E-state index in [2.05, 4.69) is 5.32 Å². The Morgan fingerprint density at radius 1 is 1.32 bits per heavy atom. The highest BCUT2D eigenvalue weighted by molar-refractivity contribution is 5.94. The number of nitrogens with two attached hydrogens (primary N) is 1. The van der Waals surface area contributed by atoms with E-state index < -0.39 is 6.03 Å². The van der Waals surface area contributed by atoms with Crippen LogP contribution >= 0.6 is 0 Å². The fourth-order valence-electron chi connectivity index (χ4n) is 2.72. The Hall–Kier alpha value is -2.24. The largest absolute Gasteiger partial charge is 0.494 e. The summed E-state index contributed by atoms with van der Waals surface area (Å²) in [6.07, 6.45) is 2.91. The van der Waals surface area contributed by atoms with Gasteiger partial charge in [-0.25, -0.2) is 4.79 Å². The molecule has 6 nitrogen and oxygen atoms in total. The van der Waals surface area contributed by atoms with E-state index in [4.69, 9.17) is 10.5 Å². The lowest BCUT2D eigenvalue weighted by Crippen LogP contribution is -2.50. The second-order valence-electron chi connectivity index (χ2n) is 5.35. The van der Waals surface area contributed by atoms with Crippen molar-refractivity contribution in [3.63, 3.8) is 0 Å². The molecule has 0 saturated carbocycles. The molecule has 1 aromatic rings. The summed E-state index contributed by atoms with van der Waals surface area (Å²) in [6.45, 7) is 3.62. The molecule has 0 aromatic heterocycles. The lowest BCUT2D eigenvalue weighted by molar-refractivity contribution is 0.0615. The van der Waals surface area contributed by atoms with Crippen LogP contribution in [0, 0.1) is 0 Å².